The van der Waals surface area contributed by atoms with Crippen LogP contribution in [0, 0.1) is 5.82 Å². The van der Waals surface area contributed by atoms with Crippen LogP contribution in [-0.2, 0) is 17.8 Å². The van der Waals surface area contributed by atoms with Crippen molar-refractivity contribution in [3.8, 4) is 11.3 Å². The summed E-state index contributed by atoms with van der Waals surface area (Å²) in [6.45, 7) is 0.344. The number of aromatic nitrogens is 1. The lowest BCUT2D eigenvalue weighted by molar-refractivity contribution is -0.121. The fourth-order valence-corrected chi connectivity index (χ4v) is 2.85. The van der Waals surface area contributed by atoms with Gasteiger partial charge in [0.2, 0.25) is 5.91 Å². The number of rotatable bonds is 6. The number of carbonyl (C=O) groups excluding carboxylic acids is 1. The standard InChI is InChI=1S/C19H15Cl2FN2O2/c20-13-3-6-15(16(21)9-13)17-11-24-19(26-17)8-7-18(25)23-10-12-1-4-14(22)5-2-12/h1-6,9,11H,7-8,10H2,(H,23,25). The van der Waals surface area contributed by atoms with Gasteiger partial charge in [0, 0.05) is 30.0 Å². The number of oxazole rings is 1. The highest BCUT2D eigenvalue weighted by atomic mass is 35.5. The van der Waals surface area contributed by atoms with E-state index < -0.39 is 0 Å². The summed E-state index contributed by atoms with van der Waals surface area (Å²) >= 11 is 12.0. The Morgan fingerprint density at radius 2 is 1.92 bits per heavy atom. The van der Waals surface area contributed by atoms with Crippen molar-refractivity contribution < 1.29 is 13.6 Å². The first-order chi connectivity index (χ1) is 12.5. The maximum absolute atomic E-state index is 12.8. The first kappa shape index (κ1) is 18.4. The van der Waals surface area contributed by atoms with E-state index in [1.165, 1.54) is 12.1 Å². The van der Waals surface area contributed by atoms with Crippen molar-refractivity contribution in [3.63, 3.8) is 0 Å². The molecule has 0 aliphatic heterocycles. The van der Waals surface area contributed by atoms with Crippen molar-refractivity contribution in [2.24, 2.45) is 0 Å². The Hall–Kier alpha value is -2.37. The van der Waals surface area contributed by atoms with Crippen LogP contribution in [0.3, 0.4) is 0 Å². The Bertz CT molecular complexity index is 910. The van der Waals surface area contributed by atoms with Gasteiger partial charge in [0.25, 0.3) is 0 Å². The fraction of sp³-hybridized carbons (Fsp3) is 0.158. The lowest BCUT2D eigenvalue weighted by Crippen LogP contribution is -2.23. The van der Waals surface area contributed by atoms with Gasteiger partial charge in [-0.25, -0.2) is 9.37 Å². The highest BCUT2D eigenvalue weighted by Crippen LogP contribution is 2.30. The molecule has 3 rings (SSSR count). The monoisotopic (exact) mass is 392 g/mol. The van der Waals surface area contributed by atoms with E-state index in [-0.39, 0.29) is 18.1 Å². The van der Waals surface area contributed by atoms with E-state index in [4.69, 9.17) is 27.6 Å². The molecular formula is C19H15Cl2FN2O2. The molecule has 0 fully saturated rings. The average molecular weight is 393 g/mol. The zero-order valence-electron chi connectivity index (χ0n) is 13.6. The fourth-order valence-electron chi connectivity index (χ4n) is 2.35. The summed E-state index contributed by atoms with van der Waals surface area (Å²) in [6, 6.07) is 11.1. The van der Waals surface area contributed by atoms with E-state index in [2.05, 4.69) is 10.3 Å². The van der Waals surface area contributed by atoms with Gasteiger partial charge >= 0.3 is 0 Å². The first-order valence-electron chi connectivity index (χ1n) is 7.92. The number of nitrogens with one attached hydrogen (secondary N) is 1. The van der Waals surface area contributed by atoms with Crippen molar-refractivity contribution in [1.29, 1.82) is 0 Å². The van der Waals surface area contributed by atoms with Crippen LogP contribution in [0.4, 0.5) is 4.39 Å². The summed E-state index contributed by atoms with van der Waals surface area (Å²) < 4.78 is 18.5. The summed E-state index contributed by atoms with van der Waals surface area (Å²) in [5, 5.41) is 3.78. The Morgan fingerprint density at radius 1 is 1.15 bits per heavy atom. The van der Waals surface area contributed by atoms with Crippen molar-refractivity contribution in [2.75, 3.05) is 0 Å². The van der Waals surface area contributed by atoms with E-state index in [9.17, 15) is 9.18 Å². The Morgan fingerprint density at radius 3 is 2.65 bits per heavy atom. The van der Waals surface area contributed by atoms with Gasteiger partial charge in [0.05, 0.1) is 11.2 Å². The molecule has 0 saturated carbocycles. The number of hydrogen-bond donors (Lipinski definition) is 1. The van der Waals surface area contributed by atoms with Gasteiger partial charge in [-0.1, -0.05) is 35.3 Å². The summed E-state index contributed by atoms with van der Waals surface area (Å²) in [7, 11) is 0. The molecule has 1 N–H and O–H groups in total. The SMILES string of the molecule is O=C(CCc1ncc(-c2ccc(Cl)cc2Cl)o1)NCc1ccc(F)cc1. The van der Waals surface area contributed by atoms with Crippen molar-refractivity contribution in [2.45, 2.75) is 19.4 Å². The number of benzene rings is 2. The molecule has 4 nitrogen and oxygen atoms in total. The van der Waals surface area contributed by atoms with Crippen LogP contribution < -0.4 is 5.32 Å². The smallest absolute Gasteiger partial charge is 0.220 e. The van der Waals surface area contributed by atoms with Crippen LogP contribution in [0.5, 0.6) is 0 Å². The van der Waals surface area contributed by atoms with Gasteiger partial charge in [0.1, 0.15) is 5.82 Å². The molecule has 26 heavy (non-hydrogen) atoms. The van der Waals surface area contributed by atoms with Gasteiger partial charge in [-0.05, 0) is 35.9 Å². The minimum atomic E-state index is -0.305. The molecule has 134 valence electrons. The van der Waals surface area contributed by atoms with Crippen LogP contribution >= 0.6 is 23.2 Å². The number of aryl methyl sites for hydroxylation is 1. The predicted octanol–water partition coefficient (Wildman–Crippen LogP) is 5.04. The number of nitrogens with zero attached hydrogens (tertiary/aromatic N) is 1. The van der Waals surface area contributed by atoms with E-state index in [1.54, 1.807) is 36.5 Å². The molecule has 0 unspecified atom stereocenters. The molecule has 1 heterocycles. The average Bonchev–Trinajstić information content (AvgIpc) is 3.08. The molecule has 0 aliphatic rings. The first-order valence-corrected chi connectivity index (χ1v) is 8.68. The Kier molecular flexibility index (Phi) is 5.91. The van der Waals surface area contributed by atoms with E-state index in [0.717, 1.165) is 5.56 Å². The third-order valence-electron chi connectivity index (χ3n) is 3.72. The topological polar surface area (TPSA) is 55.1 Å². The summed E-state index contributed by atoms with van der Waals surface area (Å²) in [5.41, 5.74) is 1.52. The van der Waals surface area contributed by atoms with Crippen LogP contribution in [0.1, 0.15) is 17.9 Å². The highest BCUT2D eigenvalue weighted by Gasteiger charge is 2.12. The van der Waals surface area contributed by atoms with Crippen LogP contribution in [0.2, 0.25) is 10.0 Å². The van der Waals surface area contributed by atoms with Crippen LogP contribution in [0.25, 0.3) is 11.3 Å². The second kappa shape index (κ2) is 8.34. The molecule has 3 aromatic rings. The molecule has 2 aromatic carbocycles. The largest absolute Gasteiger partial charge is 0.441 e. The van der Waals surface area contributed by atoms with Gasteiger partial charge in [-0.3, -0.25) is 4.79 Å². The summed E-state index contributed by atoms with van der Waals surface area (Å²) in [4.78, 5) is 16.1. The number of amides is 1. The molecular weight excluding hydrogens is 378 g/mol. The second-order valence-electron chi connectivity index (χ2n) is 5.65. The molecule has 0 spiro atoms. The molecule has 0 aliphatic carbocycles. The minimum absolute atomic E-state index is 0.140. The number of carbonyl (C=O) groups is 1. The summed E-state index contributed by atoms with van der Waals surface area (Å²) in [5.74, 6) is 0.524. The minimum Gasteiger partial charge on any atom is -0.441 e. The maximum atomic E-state index is 12.8. The van der Waals surface area contributed by atoms with Crippen molar-refractivity contribution in [1.82, 2.24) is 10.3 Å². The molecule has 0 bridgehead atoms. The third-order valence-corrected chi connectivity index (χ3v) is 4.27. The molecule has 0 atom stereocenters. The molecule has 0 saturated heterocycles. The van der Waals surface area contributed by atoms with Gasteiger partial charge in [-0.15, -0.1) is 0 Å². The normalized spacial score (nSPS) is 10.7. The zero-order valence-corrected chi connectivity index (χ0v) is 15.1. The molecule has 7 heteroatoms. The molecule has 1 amide bonds. The summed E-state index contributed by atoms with van der Waals surface area (Å²) in [6.07, 6.45) is 2.16. The highest BCUT2D eigenvalue weighted by molar-refractivity contribution is 6.36. The third kappa shape index (κ3) is 4.84. The Labute approximate surface area is 160 Å². The molecule has 0 radical (unpaired) electrons. The zero-order chi connectivity index (χ0) is 18.5. The quantitative estimate of drug-likeness (QED) is 0.639. The second-order valence-corrected chi connectivity index (χ2v) is 6.49. The number of halogens is 3. The van der Waals surface area contributed by atoms with Gasteiger partial charge in [-0.2, -0.15) is 0 Å². The van der Waals surface area contributed by atoms with Crippen LogP contribution in [0.15, 0.2) is 53.1 Å². The predicted molar refractivity (Wildman–Crippen MR) is 98.5 cm³/mol. The van der Waals surface area contributed by atoms with E-state index in [0.29, 0.717) is 40.2 Å². The maximum Gasteiger partial charge on any atom is 0.220 e. The Balaban J connectivity index is 1.52. The molecule has 1 aromatic heterocycles. The van der Waals surface area contributed by atoms with E-state index >= 15 is 0 Å². The van der Waals surface area contributed by atoms with Crippen molar-refractivity contribution in [3.05, 3.63) is 76.0 Å². The lowest BCUT2D eigenvalue weighted by Gasteiger charge is -2.04. The lowest BCUT2D eigenvalue weighted by atomic mass is 10.2. The van der Waals surface area contributed by atoms with Gasteiger partial charge in [0.15, 0.2) is 11.7 Å². The number of hydrogen-bond acceptors (Lipinski definition) is 3. The van der Waals surface area contributed by atoms with Crippen molar-refractivity contribution >= 4 is 29.1 Å². The van der Waals surface area contributed by atoms with E-state index in [1.807, 2.05) is 0 Å². The van der Waals surface area contributed by atoms with Crippen LogP contribution in [-0.4, -0.2) is 10.9 Å². The van der Waals surface area contributed by atoms with Gasteiger partial charge < -0.3 is 9.73 Å².